The number of nitrogens with zero attached hydrogens (tertiary/aromatic N) is 1. The van der Waals surface area contributed by atoms with E-state index in [-0.39, 0.29) is 5.91 Å². The van der Waals surface area contributed by atoms with Gasteiger partial charge in [0.05, 0.1) is 10.7 Å². The van der Waals surface area contributed by atoms with E-state index in [2.05, 4.69) is 17.2 Å². The van der Waals surface area contributed by atoms with Gasteiger partial charge in [0, 0.05) is 17.5 Å². The third-order valence-corrected chi connectivity index (χ3v) is 7.38. The van der Waals surface area contributed by atoms with Crippen molar-refractivity contribution in [2.45, 2.75) is 64.8 Å². The van der Waals surface area contributed by atoms with Gasteiger partial charge in [-0.25, -0.2) is 4.98 Å². The lowest BCUT2D eigenvalue weighted by Crippen LogP contribution is -2.56. The Hall–Kier alpha value is -1.16. The molecule has 3 nitrogen and oxygen atoms in total. The van der Waals surface area contributed by atoms with Crippen LogP contribution in [0, 0.1) is 30.1 Å². The Kier molecular flexibility index (Phi) is 4.27. The molecule has 1 N–H and O–H groups in total. The molecule has 0 saturated heterocycles. The van der Waals surface area contributed by atoms with E-state index in [1.807, 2.05) is 18.4 Å². The van der Waals surface area contributed by atoms with Gasteiger partial charge in [0.1, 0.15) is 0 Å². The second-order valence-corrected chi connectivity index (χ2v) is 9.44. The van der Waals surface area contributed by atoms with Crippen molar-refractivity contribution in [2.24, 2.45) is 23.2 Å². The molecule has 0 aromatic carbocycles. The van der Waals surface area contributed by atoms with Crippen molar-refractivity contribution in [3.05, 3.63) is 22.2 Å². The van der Waals surface area contributed by atoms with Crippen molar-refractivity contribution in [1.29, 1.82) is 0 Å². The zero-order valence-corrected chi connectivity index (χ0v) is 15.6. The highest BCUT2D eigenvalue weighted by molar-refractivity contribution is 7.09. The van der Waals surface area contributed by atoms with E-state index in [4.69, 9.17) is 0 Å². The van der Waals surface area contributed by atoms with Gasteiger partial charge in [-0.05, 0) is 81.1 Å². The summed E-state index contributed by atoms with van der Waals surface area (Å²) < 4.78 is 0. The van der Waals surface area contributed by atoms with Crippen LogP contribution >= 0.6 is 11.3 Å². The molecule has 4 aliphatic carbocycles. The van der Waals surface area contributed by atoms with Crippen LogP contribution in [0.5, 0.6) is 0 Å². The Morgan fingerprint density at radius 1 is 1.33 bits per heavy atom. The summed E-state index contributed by atoms with van der Waals surface area (Å²) in [6.07, 6.45) is 12.9. The maximum absolute atomic E-state index is 12.5. The van der Waals surface area contributed by atoms with Crippen LogP contribution < -0.4 is 5.32 Å². The van der Waals surface area contributed by atoms with Gasteiger partial charge in [0.2, 0.25) is 5.91 Å². The average molecular weight is 345 g/mol. The first kappa shape index (κ1) is 16.3. The van der Waals surface area contributed by atoms with E-state index < -0.39 is 0 Å². The molecular weight excluding hydrogens is 316 g/mol. The molecule has 5 rings (SSSR count). The van der Waals surface area contributed by atoms with E-state index >= 15 is 0 Å². The zero-order chi connectivity index (χ0) is 16.7. The van der Waals surface area contributed by atoms with Crippen molar-refractivity contribution in [2.75, 3.05) is 0 Å². The Balaban J connectivity index is 1.44. The van der Waals surface area contributed by atoms with E-state index in [0.717, 1.165) is 34.9 Å². The maximum Gasteiger partial charge on any atom is 0.244 e. The van der Waals surface area contributed by atoms with Crippen molar-refractivity contribution >= 4 is 23.3 Å². The van der Waals surface area contributed by atoms with E-state index in [9.17, 15) is 4.79 Å². The van der Waals surface area contributed by atoms with Gasteiger partial charge < -0.3 is 5.32 Å². The van der Waals surface area contributed by atoms with Crippen molar-refractivity contribution in [3.63, 3.8) is 0 Å². The maximum atomic E-state index is 12.5. The van der Waals surface area contributed by atoms with Gasteiger partial charge in [0.15, 0.2) is 0 Å². The van der Waals surface area contributed by atoms with E-state index in [1.54, 1.807) is 17.4 Å². The fraction of sp³-hybridized carbons (Fsp3) is 0.700. The minimum absolute atomic E-state index is 0.0447. The monoisotopic (exact) mass is 344 g/mol. The number of aromatic nitrogens is 1. The second-order valence-electron chi connectivity index (χ2n) is 8.37. The molecule has 1 atom stereocenters. The summed E-state index contributed by atoms with van der Waals surface area (Å²) in [5, 5.41) is 6.38. The molecular formula is C20H28N2OS. The van der Waals surface area contributed by atoms with Crippen LogP contribution in [0.4, 0.5) is 0 Å². The number of rotatable bonds is 5. The molecule has 4 heteroatoms. The summed E-state index contributed by atoms with van der Waals surface area (Å²) in [5.41, 5.74) is 1.26. The summed E-state index contributed by atoms with van der Waals surface area (Å²) >= 11 is 1.62. The molecule has 1 amide bonds. The topological polar surface area (TPSA) is 42.0 Å². The van der Waals surface area contributed by atoms with Crippen LogP contribution in [0.15, 0.2) is 11.5 Å². The van der Waals surface area contributed by atoms with Gasteiger partial charge in [-0.1, -0.05) is 6.92 Å². The van der Waals surface area contributed by atoms with Gasteiger partial charge in [-0.2, -0.15) is 0 Å². The highest BCUT2D eigenvalue weighted by Crippen LogP contribution is 2.61. The van der Waals surface area contributed by atoms with Crippen LogP contribution in [0.3, 0.4) is 0 Å². The highest BCUT2D eigenvalue weighted by Gasteiger charge is 2.53. The predicted molar refractivity (Wildman–Crippen MR) is 98.7 cm³/mol. The Labute approximate surface area is 148 Å². The molecule has 1 heterocycles. The van der Waals surface area contributed by atoms with Crippen LogP contribution in [0.1, 0.15) is 62.6 Å². The summed E-state index contributed by atoms with van der Waals surface area (Å²) in [4.78, 5) is 16.9. The summed E-state index contributed by atoms with van der Waals surface area (Å²) in [5.74, 6) is 2.82. The number of hydrogen-bond acceptors (Lipinski definition) is 3. The number of hydrogen-bond donors (Lipinski definition) is 1. The number of carbonyl (C=O) groups is 1. The first-order valence-corrected chi connectivity index (χ1v) is 10.3. The number of aryl methyl sites for hydroxylation is 1. The SMILES string of the molecule is CCC(NC(=O)C=Cc1csc(C)n1)C12CC3CC(CC(C3)C1)C2. The van der Waals surface area contributed by atoms with Gasteiger partial charge in [-0.3, -0.25) is 4.79 Å². The molecule has 130 valence electrons. The molecule has 0 radical (unpaired) electrons. The molecule has 1 aromatic heterocycles. The number of thiazole rings is 1. The molecule has 0 aliphatic heterocycles. The lowest BCUT2D eigenvalue weighted by Gasteiger charge is -2.59. The minimum atomic E-state index is 0.0447. The van der Waals surface area contributed by atoms with Gasteiger partial charge >= 0.3 is 0 Å². The lowest BCUT2D eigenvalue weighted by atomic mass is 9.47. The zero-order valence-electron chi connectivity index (χ0n) is 14.8. The van der Waals surface area contributed by atoms with Crippen molar-refractivity contribution in [1.82, 2.24) is 10.3 Å². The first-order chi connectivity index (χ1) is 11.6. The third kappa shape index (κ3) is 3.05. The summed E-state index contributed by atoms with van der Waals surface area (Å²) in [7, 11) is 0. The quantitative estimate of drug-likeness (QED) is 0.795. The van der Waals surface area contributed by atoms with Crippen molar-refractivity contribution in [3.8, 4) is 0 Å². The highest BCUT2D eigenvalue weighted by atomic mass is 32.1. The molecule has 4 saturated carbocycles. The minimum Gasteiger partial charge on any atom is -0.349 e. The lowest BCUT2D eigenvalue weighted by molar-refractivity contribution is -0.122. The first-order valence-electron chi connectivity index (χ1n) is 9.47. The van der Waals surface area contributed by atoms with Crippen LogP contribution in [0.25, 0.3) is 6.08 Å². The standard InChI is InChI=1S/C20H28N2OS/c1-3-18(22-19(23)5-4-17-12-24-13(2)21-17)20-9-14-6-15(10-20)8-16(7-14)11-20/h4-5,12,14-16,18H,3,6-11H2,1-2H3,(H,22,23). The molecule has 4 bridgehead atoms. The molecule has 4 aliphatic rings. The van der Waals surface area contributed by atoms with Crippen LogP contribution in [-0.4, -0.2) is 16.9 Å². The van der Waals surface area contributed by atoms with E-state index in [1.165, 1.54) is 38.5 Å². The molecule has 24 heavy (non-hydrogen) atoms. The van der Waals surface area contributed by atoms with E-state index in [0.29, 0.717) is 11.5 Å². The summed E-state index contributed by atoms with van der Waals surface area (Å²) in [6, 6.07) is 0.334. The number of nitrogens with one attached hydrogen (secondary N) is 1. The third-order valence-electron chi connectivity index (χ3n) is 6.59. The fourth-order valence-corrected chi connectivity index (χ4v) is 6.71. The fourth-order valence-electron chi connectivity index (χ4n) is 6.13. The molecule has 1 aromatic rings. The Bertz CT molecular complexity index is 613. The molecule has 1 unspecified atom stereocenters. The van der Waals surface area contributed by atoms with Gasteiger partial charge in [-0.15, -0.1) is 11.3 Å². The number of amides is 1. The molecule has 0 spiro atoms. The van der Waals surface area contributed by atoms with Crippen molar-refractivity contribution < 1.29 is 4.79 Å². The van der Waals surface area contributed by atoms with Crippen LogP contribution in [0.2, 0.25) is 0 Å². The van der Waals surface area contributed by atoms with Gasteiger partial charge in [0.25, 0.3) is 0 Å². The smallest absolute Gasteiger partial charge is 0.244 e. The molecule has 4 fully saturated rings. The average Bonchev–Trinajstić information content (AvgIpc) is 2.94. The normalized spacial score (nSPS) is 35.5. The van der Waals surface area contributed by atoms with Crippen LogP contribution in [-0.2, 0) is 4.79 Å². The number of carbonyl (C=O) groups excluding carboxylic acids is 1. The summed E-state index contributed by atoms with van der Waals surface area (Å²) in [6.45, 7) is 4.22. The Morgan fingerprint density at radius 3 is 2.46 bits per heavy atom. The largest absolute Gasteiger partial charge is 0.349 e. The Morgan fingerprint density at radius 2 is 1.96 bits per heavy atom. The predicted octanol–water partition coefficient (Wildman–Crippen LogP) is 4.58. The second kappa shape index (κ2) is 6.29.